The van der Waals surface area contributed by atoms with Gasteiger partial charge in [0.25, 0.3) is 0 Å². The number of halogens is 1. The molecule has 0 saturated carbocycles. The lowest BCUT2D eigenvalue weighted by Gasteiger charge is -2.12. The van der Waals surface area contributed by atoms with Gasteiger partial charge in [-0.2, -0.15) is 5.10 Å². The molecule has 2 aromatic rings. The third-order valence-corrected chi connectivity index (χ3v) is 3.75. The average molecular weight is 332 g/mol. The molecule has 7 nitrogen and oxygen atoms in total. The summed E-state index contributed by atoms with van der Waals surface area (Å²) in [6.45, 7) is 0.565. The molecule has 1 aromatic carbocycles. The average Bonchev–Trinajstić information content (AvgIpc) is 3.13. The van der Waals surface area contributed by atoms with Gasteiger partial charge in [0.2, 0.25) is 5.91 Å². The Hall–Kier alpha value is -2.90. The number of carbonyl (C=O) groups is 2. The molecule has 1 aliphatic heterocycles. The molecular formula is C16H17FN4O3. The first kappa shape index (κ1) is 16.0. The van der Waals surface area contributed by atoms with Gasteiger partial charge in [-0.25, -0.2) is 9.18 Å². The lowest BCUT2D eigenvalue weighted by Crippen LogP contribution is -2.35. The number of amides is 2. The van der Waals surface area contributed by atoms with E-state index in [4.69, 9.17) is 4.74 Å². The minimum Gasteiger partial charge on any atom is -0.442 e. The number of anilines is 1. The standard InChI is InChI=1S/C16H17FN4O3/c1-20-15(6-7-19-20)21-10-13(24-16(21)23)9-18-14(22)8-11-2-4-12(17)5-3-11/h2-7,13H,8-10H2,1H3,(H,18,22). The molecule has 24 heavy (non-hydrogen) atoms. The summed E-state index contributed by atoms with van der Waals surface area (Å²) in [5.74, 6) is 0.0871. The number of nitrogens with one attached hydrogen (secondary N) is 1. The van der Waals surface area contributed by atoms with Gasteiger partial charge >= 0.3 is 6.09 Å². The van der Waals surface area contributed by atoms with E-state index in [0.717, 1.165) is 0 Å². The van der Waals surface area contributed by atoms with Gasteiger partial charge in [0.15, 0.2) is 0 Å². The van der Waals surface area contributed by atoms with Crippen LogP contribution in [0.15, 0.2) is 36.5 Å². The summed E-state index contributed by atoms with van der Waals surface area (Å²) in [4.78, 5) is 25.3. The van der Waals surface area contributed by atoms with Crippen molar-refractivity contribution in [2.75, 3.05) is 18.0 Å². The molecule has 1 N–H and O–H groups in total. The monoisotopic (exact) mass is 332 g/mol. The minimum atomic E-state index is -0.462. The summed E-state index contributed by atoms with van der Waals surface area (Å²) in [6.07, 6.45) is 0.855. The molecule has 1 aromatic heterocycles. The molecule has 1 fully saturated rings. The fourth-order valence-electron chi connectivity index (χ4n) is 2.52. The van der Waals surface area contributed by atoms with Gasteiger partial charge in [0.05, 0.1) is 25.7 Å². The van der Waals surface area contributed by atoms with Crippen LogP contribution in [0, 0.1) is 5.82 Å². The molecule has 1 saturated heterocycles. The molecule has 2 heterocycles. The third kappa shape index (κ3) is 3.53. The van der Waals surface area contributed by atoms with Gasteiger partial charge in [-0.15, -0.1) is 0 Å². The Morgan fingerprint density at radius 3 is 2.79 bits per heavy atom. The molecule has 0 radical (unpaired) electrons. The van der Waals surface area contributed by atoms with Crippen molar-refractivity contribution >= 4 is 17.8 Å². The van der Waals surface area contributed by atoms with Crippen LogP contribution in [0.1, 0.15) is 5.56 Å². The van der Waals surface area contributed by atoms with Crippen molar-refractivity contribution in [2.24, 2.45) is 7.05 Å². The predicted octanol–water partition coefficient (Wildman–Crippen LogP) is 1.24. The number of aryl methyl sites for hydroxylation is 1. The molecular weight excluding hydrogens is 315 g/mol. The molecule has 1 unspecified atom stereocenters. The van der Waals surface area contributed by atoms with Crippen molar-refractivity contribution in [3.8, 4) is 0 Å². The number of rotatable bonds is 5. The van der Waals surface area contributed by atoms with Crippen molar-refractivity contribution in [1.82, 2.24) is 15.1 Å². The Bertz CT molecular complexity index is 744. The van der Waals surface area contributed by atoms with Crippen LogP contribution in [-0.4, -0.2) is 41.0 Å². The molecule has 8 heteroatoms. The van der Waals surface area contributed by atoms with Crippen molar-refractivity contribution in [3.63, 3.8) is 0 Å². The lowest BCUT2D eigenvalue weighted by molar-refractivity contribution is -0.120. The van der Waals surface area contributed by atoms with E-state index in [1.54, 1.807) is 36.1 Å². The Labute approximate surface area is 138 Å². The molecule has 0 aliphatic carbocycles. The molecule has 0 spiro atoms. The van der Waals surface area contributed by atoms with Gasteiger partial charge in [0, 0.05) is 13.1 Å². The third-order valence-electron chi connectivity index (χ3n) is 3.75. The minimum absolute atomic E-state index is 0.145. The smallest absolute Gasteiger partial charge is 0.416 e. The zero-order valence-electron chi connectivity index (χ0n) is 13.1. The largest absolute Gasteiger partial charge is 0.442 e. The molecule has 0 bridgehead atoms. The summed E-state index contributed by atoms with van der Waals surface area (Å²) >= 11 is 0. The van der Waals surface area contributed by atoms with E-state index in [1.807, 2.05) is 0 Å². The van der Waals surface area contributed by atoms with Crippen LogP contribution in [0.3, 0.4) is 0 Å². The van der Waals surface area contributed by atoms with Crippen LogP contribution in [0.25, 0.3) is 0 Å². The van der Waals surface area contributed by atoms with E-state index >= 15 is 0 Å². The van der Waals surface area contributed by atoms with E-state index in [0.29, 0.717) is 17.9 Å². The number of carbonyl (C=O) groups excluding carboxylic acids is 2. The predicted molar refractivity (Wildman–Crippen MR) is 83.9 cm³/mol. The summed E-state index contributed by atoms with van der Waals surface area (Å²) < 4.78 is 19.7. The first-order chi connectivity index (χ1) is 11.5. The number of ether oxygens (including phenoxy) is 1. The number of aromatic nitrogens is 2. The van der Waals surface area contributed by atoms with Crippen LogP contribution < -0.4 is 10.2 Å². The topological polar surface area (TPSA) is 76.5 Å². The van der Waals surface area contributed by atoms with Crippen LogP contribution in [0.2, 0.25) is 0 Å². The van der Waals surface area contributed by atoms with Crippen LogP contribution in [0.4, 0.5) is 15.0 Å². The molecule has 1 aliphatic rings. The number of cyclic esters (lactones) is 1. The first-order valence-corrected chi connectivity index (χ1v) is 7.50. The second-order valence-electron chi connectivity index (χ2n) is 5.54. The summed E-state index contributed by atoms with van der Waals surface area (Å²) in [5.41, 5.74) is 0.717. The van der Waals surface area contributed by atoms with Gasteiger partial charge in [-0.05, 0) is 17.7 Å². The Morgan fingerprint density at radius 2 is 2.12 bits per heavy atom. The number of hydrogen-bond donors (Lipinski definition) is 1. The molecule has 3 rings (SSSR count). The second-order valence-corrected chi connectivity index (χ2v) is 5.54. The van der Waals surface area contributed by atoms with E-state index in [9.17, 15) is 14.0 Å². The maximum atomic E-state index is 12.8. The maximum Gasteiger partial charge on any atom is 0.416 e. The van der Waals surface area contributed by atoms with Gasteiger partial charge < -0.3 is 10.1 Å². The molecule has 126 valence electrons. The Kier molecular flexibility index (Phi) is 4.45. The highest BCUT2D eigenvalue weighted by Gasteiger charge is 2.33. The van der Waals surface area contributed by atoms with Crippen LogP contribution in [-0.2, 0) is 23.0 Å². The SMILES string of the molecule is Cn1nccc1N1CC(CNC(=O)Cc2ccc(F)cc2)OC1=O. The summed E-state index contributed by atoms with van der Waals surface area (Å²) in [5, 5.41) is 6.75. The molecule has 1 atom stereocenters. The lowest BCUT2D eigenvalue weighted by atomic mass is 10.1. The second kappa shape index (κ2) is 6.69. The highest BCUT2D eigenvalue weighted by Crippen LogP contribution is 2.20. The first-order valence-electron chi connectivity index (χ1n) is 7.50. The van der Waals surface area contributed by atoms with Crippen LogP contribution >= 0.6 is 0 Å². The van der Waals surface area contributed by atoms with Crippen LogP contribution in [0.5, 0.6) is 0 Å². The van der Waals surface area contributed by atoms with Crippen molar-refractivity contribution in [2.45, 2.75) is 12.5 Å². The summed E-state index contributed by atoms with van der Waals surface area (Å²) in [7, 11) is 1.74. The van der Waals surface area contributed by atoms with E-state index in [2.05, 4.69) is 10.4 Å². The van der Waals surface area contributed by atoms with Gasteiger partial charge in [-0.3, -0.25) is 14.4 Å². The van der Waals surface area contributed by atoms with E-state index in [1.165, 1.54) is 17.0 Å². The number of hydrogen-bond acceptors (Lipinski definition) is 4. The fourth-order valence-corrected chi connectivity index (χ4v) is 2.52. The highest BCUT2D eigenvalue weighted by molar-refractivity contribution is 5.88. The highest BCUT2D eigenvalue weighted by atomic mass is 19.1. The van der Waals surface area contributed by atoms with Crippen molar-refractivity contribution in [1.29, 1.82) is 0 Å². The Morgan fingerprint density at radius 1 is 1.38 bits per heavy atom. The van der Waals surface area contributed by atoms with E-state index in [-0.39, 0.29) is 24.7 Å². The molecule has 2 amide bonds. The number of benzene rings is 1. The van der Waals surface area contributed by atoms with Crippen molar-refractivity contribution in [3.05, 3.63) is 47.9 Å². The maximum absolute atomic E-state index is 12.8. The Balaban J connectivity index is 1.50. The summed E-state index contributed by atoms with van der Waals surface area (Å²) in [6, 6.07) is 7.47. The number of nitrogens with zero attached hydrogens (tertiary/aromatic N) is 3. The fraction of sp³-hybridized carbons (Fsp3) is 0.312. The van der Waals surface area contributed by atoms with Gasteiger partial charge in [-0.1, -0.05) is 12.1 Å². The quantitative estimate of drug-likeness (QED) is 0.894. The van der Waals surface area contributed by atoms with Gasteiger partial charge in [0.1, 0.15) is 17.7 Å². The normalized spacial score (nSPS) is 17.0. The zero-order chi connectivity index (χ0) is 17.1. The zero-order valence-corrected chi connectivity index (χ0v) is 13.1. The van der Waals surface area contributed by atoms with E-state index < -0.39 is 12.2 Å². The van der Waals surface area contributed by atoms with Crippen molar-refractivity contribution < 1.29 is 18.7 Å².